The highest BCUT2D eigenvalue weighted by molar-refractivity contribution is 6.02. The second-order valence-electron chi connectivity index (χ2n) is 9.33. The van der Waals surface area contributed by atoms with Crippen LogP contribution in [0.2, 0.25) is 0 Å². The molecule has 3 nitrogen and oxygen atoms in total. The van der Waals surface area contributed by atoms with Crippen molar-refractivity contribution in [1.82, 2.24) is 0 Å². The predicted molar refractivity (Wildman–Crippen MR) is 96.8 cm³/mol. The minimum absolute atomic E-state index is 0.0510. The van der Waals surface area contributed by atoms with Gasteiger partial charge in [0.25, 0.3) is 0 Å². The highest BCUT2D eigenvalue weighted by Gasteiger charge is 2.59. The third-order valence-electron chi connectivity index (χ3n) is 8.09. The van der Waals surface area contributed by atoms with Crippen molar-refractivity contribution in [3.05, 3.63) is 23.8 Å². The van der Waals surface area contributed by atoms with Gasteiger partial charge in [-0.2, -0.15) is 0 Å². The van der Waals surface area contributed by atoms with E-state index in [0.29, 0.717) is 23.5 Å². The molecule has 0 heterocycles. The van der Waals surface area contributed by atoms with Crippen LogP contribution in [0.4, 0.5) is 0 Å². The summed E-state index contributed by atoms with van der Waals surface area (Å²) in [7, 11) is 0. The molecule has 3 saturated carbocycles. The summed E-state index contributed by atoms with van der Waals surface area (Å²) in [6.45, 7) is 10.2. The van der Waals surface area contributed by atoms with Crippen molar-refractivity contribution in [3.63, 3.8) is 0 Å². The molecule has 0 N–H and O–H groups in total. The number of allylic oxidation sites excluding steroid dienone is 2. The molecule has 3 heteroatoms. The zero-order chi connectivity index (χ0) is 18.0. The molecule has 0 aliphatic heterocycles. The topological polar surface area (TPSA) is 43.4 Å². The number of fused-ring (bicyclic) bond motifs is 5. The molecule has 4 rings (SSSR count). The maximum Gasteiger partial charge on any atom is 0.302 e. The molecule has 0 bridgehead atoms. The van der Waals surface area contributed by atoms with Gasteiger partial charge in [0, 0.05) is 18.8 Å². The molecular weight excluding hydrogens is 312 g/mol. The normalized spacial score (nSPS) is 46.0. The van der Waals surface area contributed by atoms with E-state index < -0.39 is 0 Å². The summed E-state index contributed by atoms with van der Waals surface area (Å²) in [5.41, 5.74) is 2.40. The van der Waals surface area contributed by atoms with Crippen molar-refractivity contribution in [2.75, 3.05) is 0 Å². The number of rotatable bonds is 1. The zero-order valence-electron chi connectivity index (χ0n) is 15.8. The number of carbonyl (C=O) groups is 2. The van der Waals surface area contributed by atoms with Gasteiger partial charge in [0.2, 0.25) is 0 Å². The summed E-state index contributed by atoms with van der Waals surface area (Å²) in [4.78, 5) is 24.0. The number of carbonyl (C=O) groups excluding carboxylic acids is 2. The van der Waals surface area contributed by atoms with E-state index in [2.05, 4.69) is 26.5 Å². The molecule has 0 radical (unpaired) electrons. The van der Waals surface area contributed by atoms with Gasteiger partial charge in [-0.25, -0.2) is 0 Å². The number of hydrogen-bond acceptors (Lipinski definition) is 3. The second-order valence-corrected chi connectivity index (χ2v) is 9.33. The molecule has 0 aromatic rings. The number of esters is 1. The van der Waals surface area contributed by atoms with Crippen LogP contribution in [0, 0.1) is 28.6 Å². The van der Waals surface area contributed by atoms with Gasteiger partial charge in [-0.3, -0.25) is 9.59 Å². The molecule has 0 spiro atoms. The molecule has 136 valence electrons. The molecular formula is C22H30O3. The second kappa shape index (κ2) is 5.56. The maximum absolute atomic E-state index is 12.7. The first-order valence-electron chi connectivity index (χ1n) is 9.85. The van der Waals surface area contributed by atoms with Crippen LogP contribution in [0.1, 0.15) is 65.7 Å². The Labute approximate surface area is 150 Å². The van der Waals surface area contributed by atoms with E-state index in [1.165, 1.54) is 12.5 Å². The van der Waals surface area contributed by atoms with E-state index in [0.717, 1.165) is 50.5 Å². The van der Waals surface area contributed by atoms with Gasteiger partial charge in [-0.1, -0.05) is 32.1 Å². The first-order chi connectivity index (χ1) is 11.8. The fraction of sp³-hybridized carbons (Fsp3) is 0.727. The van der Waals surface area contributed by atoms with Crippen molar-refractivity contribution in [1.29, 1.82) is 0 Å². The molecule has 0 amide bonds. The lowest BCUT2D eigenvalue weighted by Crippen LogP contribution is -2.50. The van der Waals surface area contributed by atoms with Crippen LogP contribution >= 0.6 is 0 Å². The van der Waals surface area contributed by atoms with Crippen LogP contribution in [0.25, 0.3) is 0 Å². The first kappa shape index (κ1) is 17.1. The smallest absolute Gasteiger partial charge is 0.302 e. The van der Waals surface area contributed by atoms with Crippen LogP contribution in [-0.4, -0.2) is 17.9 Å². The van der Waals surface area contributed by atoms with Crippen molar-refractivity contribution >= 4 is 11.8 Å². The van der Waals surface area contributed by atoms with Crippen molar-refractivity contribution in [2.24, 2.45) is 28.6 Å². The first-order valence-corrected chi connectivity index (χ1v) is 9.85. The predicted octanol–water partition coefficient (Wildman–Crippen LogP) is 4.62. The van der Waals surface area contributed by atoms with E-state index >= 15 is 0 Å². The fourth-order valence-electron chi connectivity index (χ4n) is 6.70. The van der Waals surface area contributed by atoms with Crippen molar-refractivity contribution < 1.29 is 14.3 Å². The van der Waals surface area contributed by atoms with Gasteiger partial charge < -0.3 is 4.74 Å². The van der Waals surface area contributed by atoms with E-state index in [-0.39, 0.29) is 22.9 Å². The molecule has 4 aliphatic carbocycles. The molecule has 0 saturated heterocycles. The number of hydrogen-bond donors (Lipinski definition) is 0. The summed E-state index contributed by atoms with van der Waals surface area (Å²) in [5.74, 6) is 1.88. The average Bonchev–Trinajstić information content (AvgIpc) is 2.78. The Hall–Kier alpha value is -1.38. The van der Waals surface area contributed by atoms with Crippen molar-refractivity contribution in [3.8, 4) is 0 Å². The SMILES string of the molecule is C=C1C[C@H]2[C@@H]3CC=C4C[C@H](OC(C)=O)CC[C@]4(C)[C@H]3CC[C@]2(C)C1=O. The van der Waals surface area contributed by atoms with E-state index in [1.807, 2.05) is 0 Å². The number of ketones is 1. The van der Waals surface area contributed by atoms with E-state index in [9.17, 15) is 9.59 Å². The van der Waals surface area contributed by atoms with Gasteiger partial charge >= 0.3 is 5.97 Å². The van der Waals surface area contributed by atoms with Crippen LogP contribution in [0.5, 0.6) is 0 Å². The lowest BCUT2D eigenvalue weighted by molar-refractivity contribution is -0.148. The number of ether oxygens (including phenoxy) is 1. The molecule has 0 aromatic carbocycles. The van der Waals surface area contributed by atoms with Crippen LogP contribution < -0.4 is 0 Å². The standard InChI is InChI=1S/C22H30O3/c1-13-11-19-17-6-5-15-12-16(25-14(2)23)7-9-21(15,3)18(17)8-10-22(19,4)20(13)24/h5,16-19H,1,6-12H2,2-4H3/t16-,17-,18+,19+,21+,22+/m1/s1. The molecule has 0 unspecified atom stereocenters. The zero-order valence-corrected chi connectivity index (χ0v) is 15.8. The lowest BCUT2D eigenvalue weighted by Gasteiger charge is -2.56. The molecule has 3 fully saturated rings. The Kier molecular flexibility index (Phi) is 3.79. The lowest BCUT2D eigenvalue weighted by atomic mass is 9.48. The summed E-state index contributed by atoms with van der Waals surface area (Å²) in [6, 6.07) is 0. The number of Topliss-reactive ketones (excluding diaryl/α,β-unsaturated/α-hetero) is 1. The largest absolute Gasteiger partial charge is 0.462 e. The molecule has 25 heavy (non-hydrogen) atoms. The van der Waals surface area contributed by atoms with Gasteiger partial charge in [0.1, 0.15) is 6.10 Å². The minimum atomic E-state index is -0.172. The Morgan fingerprint density at radius 1 is 1.16 bits per heavy atom. The third kappa shape index (κ3) is 2.38. The highest BCUT2D eigenvalue weighted by Crippen LogP contribution is 2.64. The quantitative estimate of drug-likeness (QED) is 0.397. The summed E-state index contributed by atoms with van der Waals surface area (Å²) in [5, 5.41) is 0. The fourth-order valence-corrected chi connectivity index (χ4v) is 6.70. The van der Waals surface area contributed by atoms with Crippen molar-refractivity contribution in [2.45, 2.75) is 71.8 Å². The summed E-state index contributed by atoms with van der Waals surface area (Å²) < 4.78 is 5.50. The Morgan fingerprint density at radius 3 is 2.60 bits per heavy atom. The van der Waals surface area contributed by atoms with Crippen LogP contribution in [0.3, 0.4) is 0 Å². The Balaban J connectivity index is 1.62. The summed E-state index contributed by atoms with van der Waals surface area (Å²) in [6.07, 6.45) is 9.54. The van der Waals surface area contributed by atoms with E-state index in [4.69, 9.17) is 4.74 Å². The highest BCUT2D eigenvalue weighted by atomic mass is 16.5. The van der Waals surface area contributed by atoms with Gasteiger partial charge in [0.15, 0.2) is 5.78 Å². The summed E-state index contributed by atoms with van der Waals surface area (Å²) >= 11 is 0. The Morgan fingerprint density at radius 2 is 1.88 bits per heavy atom. The van der Waals surface area contributed by atoms with Crippen LogP contribution in [-0.2, 0) is 14.3 Å². The average molecular weight is 342 g/mol. The monoisotopic (exact) mass is 342 g/mol. The molecule has 0 aromatic heterocycles. The van der Waals surface area contributed by atoms with Gasteiger partial charge in [0.05, 0.1) is 0 Å². The molecule has 4 aliphatic rings. The van der Waals surface area contributed by atoms with Gasteiger partial charge in [-0.05, 0) is 67.3 Å². The minimum Gasteiger partial charge on any atom is -0.462 e. The van der Waals surface area contributed by atoms with Gasteiger partial charge in [-0.15, -0.1) is 0 Å². The molecule has 6 atom stereocenters. The van der Waals surface area contributed by atoms with Crippen LogP contribution in [0.15, 0.2) is 23.8 Å². The maximum atomic E-state index is 12.7. The third-order valence-corrected chi connectivity index (χ3v) is 8.09. The van der Waals surface area contributed by atoms with E-state index in [1.54, 1.807) is 0 Å². The Bertz CT molecular complexity index is 675.